The van der Waals surface area contributed by atoms with Crippen LogP contribution < -0.4 is 9.47 Å². The number of hydrogen-bond acceptors (Lipinski definition) is 4. The SMILES string of the molecule is COc1cccc(OC)c1CCC(=O)c1ccc(O)cc1. The number of carbonyl (C=O) groups is 1. The van der Waals surface area contributed by atoms with Crippen LogP contribution in [0.5, 0.6) is 17.2 Å². The van der Waals surface area contributed by atoms with Crippen molar-refractivity contribution < 1.29 is 19.4 Å². The van der Waals surface area contributed by atoms with Crippen molar-refractivity contribution in [1.82, 2.24) is 0 Å². The molecular formula is C17H18O4. The predicted octanol–water partition coefficient (Wildman–Crippen LogP) is 3.22. The molecule has 1 N–H and O–H groups in total. The van der Waals surface area contributed by atoms with Crippen LogP contribution in [0.25, 0.3) is 0 Å². The zero-order valence-corrected chi connectivity index (χ0v) is 12.1. The van der Waals surface area contributed by atoms with Gasteiger partial charge in [-0.1, -0.05) is 6.07 Å². The first-order valence-corrected chi connectivity index (χ1v) is 6.67. The van der Waals surface area contributed by atoms with E-state index in [0.717, 1.165) is 5.56 Å². The fourth-order valence-corrected chi connectivity index (χ4v) is 2.20. The fraction of sp³-hybridized carbons (Fsp3) is 0.235. The molecule has 0 saturated carbocycles. The van der Waals surface area contributed by atoms with Gasteiger partial charge in [0.1, 0.15) is 17.2 Å². The van der Waals surface area contributed by atoms with Crippen molar-refractivity contribution in [1.29, 1.82) is 0 Å². The molecule has 0 saturated heterocycles. The highest BCUT2D eigenvalue weighted by molar-refractivity contribution is 5.96. The van der Waals surface area contributed by atoms with E-state index in [0.29, 0.717) is 29.9 Å². The van der Waals surface area contributed by atoms with E-state index in [4.69, 9.17) is 9.47 Å². The number of ether oxygens (including phenoxy) is 2. The number of hydrogen-bond donors (Lipinski definition) is 1. The summed E-state index contributed by atoms with van der Waals surface area (Å²) in [4.78, 5) is 12.2. The van der Waals surface area contributed by atoms with Crippen LogP contribution in [-0.2, 0) is 6.42 Å². The summed E-state index contributed by atoms with van der Waals surface area (Å²) in [5, 5.41) is 9.24. The second-order valence-electron chi connectivity index (χ2n) is 4.61. The molecule has 0 aliphatic heterocycles. The van der Waals surface area contributed by atoms with E-state index in [-0.39, 0.29) is 11.5 Å². The second kappa shape index (κ2) is 6.79. The fourth-order valence-electron chi connectivity index (χ4n) is 2.20. The Morgan fingerprint density at radius 1 is 1.00 bits per heavy atom. The van der Waals surface area contributed by atoms with Crippen molar-refractivity contribution >= 4 is 5.78 Å². The van der Waals surface area contributed by atoms with E-state index < -0.39 is 0 Å². The van der Waals surface area contributed by atoms with Gasteiger partial charge in [-0.05, 0) is 42.8 Å². The monoisotopic (exact) mass is 286 g/mol. The molecule has 2 aromatic rings. The molecule has 0 spiro atoms. The quantitative estimate of drug-likeness (QED) is 0.828. The molecule has 0 aromatic heterocycles. The average molecular weight is 286 g/mol. The van der Waals surface area contributed by atoms with Gasteiger partial charge in [-0.15, -0.1) is 0 Å². The zero-order chi connectivity index (χ0) is 15.2. The minimum Gasteiger partial charge on any atom is -0.508 e. The molecule has 0 bridgehead atoms. The smallest absolute Gasteiger partial charge is 0.163 e. The topological polar surface area (TPSA) is 55.8 Å². The first-order chi connectivity index (χ1) is 10.2. The summed E-state index contributed by atoms with van der Waals surface area (Å²) < 4.78 is 10.6. The van der Waals surface area contributed by atoms with Crippen LogP contribution in [0, 0.1) is 0 Å². The highest BCUT2D eigenvalue weighted by atomic mass is 16.5. The summed E-state index contributed by atoms with van der Waals surface area (Å²) >= 11 is 0. The summed E-state index contributed by atoms with van der Waals surface area (Å²) in [5.41, 5.74) is 1.47. The second-order valence-corrected chi connectivity index (χ2v) is 4.61. The lowest BCUT2D eigenvalue weighted by Crippen LogP contribution is -2.03. The number of aromatic hydroxyl groups is 1. The molecule has 21 heavy (non-hydrogen) atoms. The third kappa shape index (κ3) is 3.54. The lowest BCUT2D eigenvalue weighted by Gasteiger charge is -2.12. The maximum Gasteiger partial charge on any atom is 0.163 e. The van der Waals surface area contributed by atoms with Crippen molar-refractivity contribution in [2.75, 3.05) is 14.2 Å². The summed E-state index contributed by atoms with van der Waals surface area (Å²) in [6.45, 7) is 0. The van der Waals surface area contributed by atoms with Gasteiger partial charge in [-0.3, -0.25) is 4.79 Å². The normalized spacial score (nSPS) is 10.2. The van der Waals surface area contributed by atoms with Crippen LogP contribution >= 0.6 is 0 Å². The summed E-state index contributed by atoms with van der Waals surface area (Å²) in [7, 11) is 3.19. The predicted molar refractivity (Wildman–Crippen MR) is 80.3 cm³/mol. The Kier molecular flexibility index (Phi) is 4.82. The van der Waals surface area contributed by atoms with Crippen molar-refractivity contribution in [3.05, 3.63) is 53.6 Å². The Balaban J connectivity index is 2.12. The lowest BCUT2D eigenvalue weighted by atomic mass is 10.0. The summed E-state index contributed by atoms with van der Waals surface area (Å²) in [6, 6.07) is 11.8. The molecule has 0 unspecified atom stereocenters. The van der Waals surface area contributed by atoms with Crippen LogP contribution in [0.3, 0.4) is 0 Å². The van der Waals surface area contributed by atoms with Crippen LogP contribution in [0.2, 0.25) is 0 Å². The number of phenols is 1. The Labute approximate surface area is 123 Å². The highest BCUT2D eigenvalue weighted by Gasteiger charge is 2.13. The molecule has 0 atom stereocenters. The van der Waals surface area contributed by atoms with Crippen LogP contribution in [0.1, 0.15) is 22.3 Å². The van der Waals surface area contributed by atoms with E-state index in [2.05, 4.69) is 0 Å². The standard InChI is InChI=1S/C17H18O4/c1-20-16-4-3-5-17(21-2)14(16)10-11-15(19)12-6-8-13(18)9-7-12/h3-9,18H,10-11H2,1-2H3. The molecule has 0 radical (unpaired) electrons. The van der Waals surface area contributed by atoms with E-state index in [1.807, 2.05) is 18.2 Å². The Morgan fingerprint density at radius 3 is 2.10 bits per heavy atom. The number of carbonyl (C=O) groups excluding carboxylic acids is 1. The van der Waals surface area contributed by atoms with Gasteiger partial charge in [0.2, 0.25) is 0 Å². The number of methoxy groups -OCH3 is 2. The molecule has 4 nitrogen and oxygen atoms in total. The highest BCUT2D eigenvalue weighted by Crippen LogP contribution is 2.29. The van der Waals surface area contributed by atoms with Gasteiger partial charge in [0.25, 0.3) is 0 Å². The van der Waals surface area contributed by atoms with Gasteiger partial charge in [0, 0.05) is 17.5 Å². The first-order valence-electron chi connectivity index (χ1n) is 6.67. The van der Waals surface area contributed by atoms with Gasteiger partial charge in [-0.2, -0.15) is 0 Å². The third-order valence-electron chi connectivity index (χ3n) is 3.32. The average Bonchev–Trinajstić information content (AvgIpc) is 2.52. The summed E-state index contributed by atoms with van der Waals surface area (Å²) in [6.07, 6.45) is 0.883. The minimum absolute atomic E-state index is 0.0166. The number of ketones is 1. The van der Waals surface area contributed by atoms with Gasteiger partial charge < -0.3 is 14.6 Å². The number of Topliss-reactive ketones (excluding diaryl/α,β-unsaturated/α-hetero) is 1. The molecule has 0 aliphatic rings. The molecule has 110 valence electrons. The van der Waals surface area contributed by atoms with E-state index in [1.165, 1.54) is 12.1 Å². The van der Waals surface area contributed by atoms with Gasteiger partial charge in [-0.25, -0.2) is 0 Å². The van der Waals surface area contributed by atoms with E-state index >= 15 is 0 Å². The van der Waals surface area contributed by atoms with Crippen molar-refractivity contribution in [2.24, 2.45) is 0 Å². The van der Waals surface area contributed by atoms with E-state index in [1.54, 1.807) is 26.4 Å². The Hall–Kier alpha value is -2.49. The molecule has 0 amide bonds. The van der Waals surface area contributed by atoms with Gasteiger partial charge in [0.05, 0.1) is 14.2 Å². The molecule has 0 aliphatic carbocycles. The number of rotatable bonds is 6. The first kappa shape index (κ1) is 14.9. The number of benzene rings is 2. The Morgan fingerprint density at radius 2 is 1.57 bits per heavy atom. The van der Waals surface area contributed by atoms with Crippen molar-refractivity contribution in [3.63, 3.8) is 0 Å². The minimum atomic E-state index is 0.0166. The van der Waals surface area contributed by atoms with Crippen LogP contribution in [0.4, 0.5) is 0 Å². The molecular weight excluding hydrogens is 268 g/mol. The van der Waals surface area contributed by atoms with Gasteiger partial charge >= 0.3 is 0 Å². The van der Waals surface area contributed by atoms with Crippen molar-refractivity contribution in [2.45, 2.75) is 12.8 Å². The molecule has 2 aromatic carbocycles. The molecule has 0 heterocycles. The molecule has 2 rings (SSSR count). The maximum atomic E-state index is 12.2. The maximum absolute atomic E-state index is 12.2. The molecule has 4 heteroatoms. The summed E-state index contributed by atoms with van der Waals surface area (Å²) in [5.74, 6) is 1.60. The van der Waals surface area contributed by atoms with Crippen LogP contribution in [0.15, 0.2) is 42.5 Å². The van der Waals surface area contributed by atoms with Gasteiger partial charge in [0.15, 0.2) is 5.78 Å². The lowest BCUT2D eigenvalue weighted by molar-refractivity contribution is 0.0982. The van der Waals surface area contributed by atoms with E-state index in [9.17, 15) is 9.90 Å². The third-order valence-corrected chi connectivity index (χ3v) is 3.32. The van der Waals surface area contributed by atoms with Crippen LogP contribution in [-0.4, -0.2) is 25.1 Å². The number of phenolic OH excluding ortho intramolecular Hbond substituents is 1. The zero-order valence-electron chi connectivity index (χ0n) is 12.1. The largest absolute Gasteiger partial charge is 0.508 e. The van der Waals surface area contributed by atoms with Crippen molar-refractivity contribution in [3.8, 4) is 17.2 Å². The Bertz CT molecular complexity index is 595. The molecule has 0 fully saturated rings.